The SMILES string of the molecule is CCn1cc(-c2nn3c(c2C(=O)N[C@H]2N=C(c4ccccc4)c4cccc(F)c4NC2=O)O[C@@H](C)CC3)cn1. The fraction of sp³-hybridized carbons (Fsp3) is 0.250. The van der Waals surface area contributed by atoms with Crippen LogP contribution < -0.4 is 15.4 Å². The molecule has 0 radical (unpaired) electrons. The Morgan fingerprint density at radius 3 is 2.77 bits per heavy atom. The number of anilines is 1. The number of nitrogens with one attached hydrogen (secondary N) is 2. The van der Waals surface area contributed by atoms with Crippen LogP contribution in [0.3, 0.4) is 0 Å². The molecule has 0 spiro atoms. The number of hydrogen-bond acceptors (Lipinski definition) is 6. The monoisotopic (exact) mass is 527 g/mol. The van der Waals surface area contributed by atoms with Gasteiger partial charge in [0.15, 0.2) is 0 Å². The summed E-state index contributed by atoms with van der Waals surface area (Å²) in [6, 6.07) is 13.6. The number of para-hydroxylation sites is 1. The minimum Gasteiger partial charge on any atom is -0.474 e. The van der Waals surface area contributed by atoms with Gasteiger partial charge in [-0.25, -0.2) is 14.1 Å². The van der Waals surface area contributed by atoms with E-state index in [1.165, 1.54) is 6.07 Å². The fourth-order valence-electron chi connectivity index (χ4n) is 4.75. The zero-order valence-corrected chi connectivity index (χ0v) is 21.4. The molecule has 11 heteroatoms. The molecular weight excluding hydrogens is 501 g/mol. The molecule has 2 amide bonds. The van der Waals surface area contributed by atoms with Gasteiger partial charge in [-0.1, -0.05) is 42.5 Å². The summed E-state index contributed by atoms with van der Waals surface area (Å²) in [5.74, 6) is -1.54. The molecule has 0 unspecified atom stereocenters. The Balaban J connectivity index is 1.42. The van der Waals surface area contributed by atoms with Gasteiger partial charge in [0, 0.05) is 42.4 Å². The largest absolute Gasteiger partial charge is 0.474 e. The molecule has 0 saturated heterocycles. The molecule has 2 aliphatic heterocycles. The van der Waals surface area contributed by atoms with E-state index in [1.807, 2.05) is 44.2 Å². The van der Waals surface area contributed by atoms with Gasteiger partial charge in [0.2, 0.25) is 12.0 Å². The number of carbonyl (C=O) groups is 2. The van der Waals surface area contributed by atoms with E-state index in [0.29, 0.717) is 47.1 Å². The smallest absolute Gasteiger partial charge is 0.269 e. The summed E-state index contributed by atoms with van der Waals surface area (Å²) in [6.07, 6.45) is 2.72. The Labute approximate surface area is 223 Å². The molecule has 6 rings (SSSR count). The first-order valence-electron chi connectivity index (χ1n) is 12.8. The minimum absolute atomic E-state index is 0.00888. The molecule has 198 valence electrons. The highest BCUT2D eigenvalue weighted by Crippen LogP contribution is 2.34. The van der Waals surface area contributed by atoms with Gasteiger partial charge in [-0.05, 0) is 19.9 Å². The first-order valence-corrected chi connectivity index (χ1v) is 12.8. The first kappa shape index (κ1) is 24.5. The average molecular weight is 528 g/mol. The van der Waals surface area contributed by atoms with Crippen LogP contribution in [0, 0.1) is 5.82 Å². The second-order valence-corrected chi connectivity index (χ2v) is 9.43. The van der Waals surface area contributed by atoms with Crippen LogP contribution in [0.15, 0.2) is 65.9 Å². The second kappa shape index (κ2) is 9.82. The second-order valence-electron chi connectivity index (χ2n) is 9.43. The predicted molar refractivity (Wildman–Crippen MR) is 142 cm³/mol. The summed E-state index contributed by atoms with van der Waals surface area (Å²) in [7, 11) is 0. The van der Waals surface area contributed by atoms with Crippen molar-refractivity contribution >= 4 is 23.2 Å². The van der Waals surface area contributed by atoms with E-state index in [9.17, 15) is 14.0 Å². The van der Waals surface area contributed by atoms with E-state index in [0.717, 1.165) is 6.42 Å². The fourth-order valence-corrected chi connectivity index (χ4v) is 4.75. The van der Waals surface area contributed by atoms with Gasteiger partial charge in [-0.2, -0.15) is 10.2 Å². The van der Waals surface area contributed by atoms with Crippen LogP contribution in [0.1, 0.15) is 41.8 Å². The van der Waals surface area contributed by atoms with Crippen molar-refractivity contribution in [3.8, 4) is 17.1 Å². The van der Waals surface area contributed by atoms with Gasteiger partial charge in [0.1, 0.15) is 17.1 Å². The van der Waals surface area contributed by atoms with E-state index in [1.54, 1.807) is 33.9 Å². The van der Waals surface area contributed by atoms with Crippen LogP contribution in [0.2, 0.25) is 0 Å². The van der Waals surface area contributed by atoms with Crippen LogP contribution in [0.4, 0.5) is 10.1 Å². The molecule has 10 nitrogen and oxygen atoms in total. The standard InChI is InChI=1S/C28H26FN7O3/c1-3-35-15-18(14-30-35)23-21(28-36(34-23)13-12-16(2)39-28)26(37)33-25-27(38)32-24-19(10-7-11-20(24)29)22(31-25)17-8-5-4-6-9-17/h4-11,14-16,25H,3,12-13H2,1-2H3,(H,32,38)(H,33,37)/t16-,25+/m0/s1. The number of carbonyl (C=O) groups excluding carboxylic acids is 2. The number of aryl methyl sites for hydroxylation is 2. The molecule has 0 aliphatic carbocycles. The normalized spacial score (nSPS) is 18.2. The number of aromatic nitrogens is 4. The van der Waals surface area contributed by atoms with Crippen molar-refractivity contribution < 1.29 is 18.7 Å². The molecule has 0 fully saturated rings. The maximum absolute atomic E-state index is 14.8. The third-order valence-electron chi connectivity index (χ3n) is 6.76. The van der Waals surface area contributed by atoms with E-state index < -0.39 is 23.8 Å². The van der Waals surface area contributed by atoms with Gasteiger partial charge in [-0.15, -0.1) is 0 Å². The number of rotatable bonds is 5. The summed E-state index contributed by atoms with van der Waals surface area (Å²) in [6.45, 7) is 5.11. The number of nitrogens with zero attached hydrogens (tertiary/aromatic N) is 5. The molecule has 39 heavy (non-hydrogen) atoms. The number of hydrogen-bond donors (Lipinski definition) is 2. The van der Waals surface area contributed by atoms with E-state index in [4.69, 9.17) is 4.74 Å². The van der Waals surface area contributed by atoms with Crippen LogP contribution in [0.5, 0.6) is 5.88 Å². The average Bonchev–Trinajstić information content (AvgIpc) is 3.53. The zero-order chi connectivity index (χ0) is 27.1. The summed E-state index contributed by atoms with van der Waals surface area (Å²) in [5.41, 5.74) is 2.70. The van der Waals surface area contributed by atoms with Gasteiger partial charge in [0.05, 0.1) is 23.7 Å². The third-order valence-corrected chi connectivity index (χ3v) is 6.76. The summed E-state index contributed by atoms with van der Waals surface area (Å²) >= 11 is 0. The summed E-state index contributed by atoms with van der Waals surface area (Å²) in [4.78, 5) is 31.8. The molecule has 2 aromatic carbocycles. The van der Waals surface area contributed by atoms with E-state index >= 15 is 0 Å². The van der Waals surface area contributed by atoms with E-state index in [2.05, 4.69) is 25.8 Å². The number of benzodiazepines with no additional fused rings is 1. The number of halogens is 1. The Morgan fingerprint density at radius 2 is 2.00 bits per heavy atom. The van der Waals surface area contributed by atoms with Crippen molar-refractivity contribution in [3.05, 3.63) is 83.4 Å². The molecule has 2 aromatic heterocycles. The third kappa shape index (κ3) is 4.45. The number of aliphatic imine (C=N–C) groups is 1. The van der Waals surface area contributed by atoms with Gasteiger partial charge < -0.3 is 15.4 Å². The van der Waals surface area contributed by atoms with Crippen molar-refractivity contribution in [2.75, 3.05) is 5.32 Å². The van der Waals surface area contributed by atoms with Gasteiger partial charge in [-0.3, -0.25) is 14.3 Å². The molecule has 0 bridgehead atoms. The lowest BCUT2D eigenvalue weighted by Gasteiger charge is -2.22. The number of ether oxygens (including phenoxy) is 1. The molecule has 2 aliphatic rings. The highest BCUT2D eigenvalue weighted by Gasteiger charge is 2.34. The summed E-state index contributed by atoms with van der Waals surface area (Å²) < 4.78 is 24.3. The molecule has 2 N–H and O–H groups in total. The Hall–Kier alpha value is -4.80. The molecule has 4 heterocycles. The van der Waals surface area contributed by atoms with Crippen molar-refractivity contribution in [1.29, 1.82) is 0 Å². The molecule has 0 saturated carbocycles. The quantitative estimate of drug-likeness (QED) is 0.411. The lowest BCUT2D eigenvalue weighted by molar-refractivity contribution is -0.117. The lowest BCUT2D eigenvalue weighted by atomic mass is 10.0. The maximum atomic E-state index is 14.8. The van der Waals surface area contributed by atoms with Crippen molar-refractivity contribution in [3.63, 3.8) is 0 Å². The van der Waals surface area contributed by atoms with Crippen LogP contribution >= 0.6 is 0 Å². The maximum Gasteiger partial charge on any atom is 0.269 e. The topological polar surface area (TPSA) is 115 Å². The number of benzene rings is 2. The Kier molecular flexibility index (Phi) is 6.18. The Morgan fingerprint density at radius 1 is 1.18 bits per heavy atom. The van der Waals surface area contributed by atoms with Gasteiger partial charge in [0.25, 0.3) is 11.8 Å². The van der Waals surface area contributed by atoms with Gasteiger partial charge >= 0.3 is 0 Å². The highest BCUT2D eigenvalue weighted by atomic mass is 19.1. The van der Waals surface area contributed by atoms with Crippen LogP contribution in [0.25, 0.3) is 11.3 Å². The predicted octanol–water partition coefficient (Wildman–Crippen LogP) is 3.62. The molecular formula is C28H26FN7O3. The first-order chi connectivity index (χ1) is 18.9. The van der Waals surface area contributed by atoms with E-state index in [-0.39, 0.29) is 17.4 Å². The molecule has 2 atom stereocenters. The van der Waals surface area contributed by atoms with Crippen LogP contribution in [-0.4, -0.2) is 49.4 Å². The molecule has 4 aromatic rings. The van der Waals surface area contributed by atoms with Crippen molar-refractivity contribution in [1.82, 2.24) is 24.9 Å². The highest BCUT2D eigenvalue weighted by molar-refractivity contribution is 6.20. The zero-order valence-electron chi connectivity index (χ0n) is 21.4. The number of fused-ring (bicyclic) bond motifs is 2. The van der Waals surface area contributed by atoms with Crippen LogP contribution in [-0.2, 0) is 17.9 Å². The van der Waals surface area contributed by atoms with Crippen molar-refractivity contribution in [2.24, 2.45) is 4.99 Å². The summed E-state index contributed by atoms with van der Waals surface area (Å²) in [5, 5.41) is 14.3. The van der Waals surface area contributed by atoms with Crippen molar-refractivity contribution in [2.45, 2.75) is 45.6 Å². The minimum atomic E-state index is -1.35. The lowest BCUT2D eigenvalue weighted by Crippen LogP contribution is -2.42. The Bertz CT molecular complexity index is 1610. The number of amides is 2.